The second-order valence-corrected chi connectivity index (χ2v) is 4.03. The van der Waals surface area contributed by atoms with E-state index in [-0.39, 0.29) is 5.75 Å². The molecule has 0 fully saturated rings. The van der Waals surface area contributed by atoms with Crippen LogP contribution in [0.5, 0.6) is 5.75 Å². The van der Waals surface area contributed by atoms with Gasteiger partial charge in [-0.25, -0.2) is 0 Å². The largest absolute Gasteiger partial charge is 0.573 e. The summed E-state index contributed by atoms with van der Waals surface area (Å²) in [5.41, 5.74) is 1.82. The molecule has 0 saturated heterocycles. The highest BCUT2D eigenvalue weighted by Crippen LogP contribution is 2.24. The van der Waals surface area contributed by atoms with Gasteiger partial charge in [-0.1, -0.05) is 12.1 Å². The van der Waals surface area contributed by atoms with Crippen molar-refractivity contribution in [1.29, 1.82) is 5.26 Å². The van der Waals surface area contributed by atoms with Crippen LogP contribution in [0.15, 0.2) is 53.5 Å². The third-order valence-corrected chi connectivity index (χ3v) is 2.47. The van der Waals surface area contributed by atoms with E-state index in [0.717, 1.165) is 5.56 Å². The molecule has 106 valence electrons. The molecule has 0 amide bonds. The van der Waals surface area contributed by atoms with E-state index in [1.807, 2.05) is 6.07 Å². The Hall–Kier alpha value is -2.81. The Morgan fingerprint density at radius 1 is 1.00 bits per heavy atom. The summed E-state index contributed by atoms with van der Waals surface area (Å²) in [6.07, 6.45) is -3.14. The maximum Gasteiger partial charge on any atom is 0.573 e. The molecular formula is C15H9F3N2O. The number of nitriles is 1. The molecule has 0 unspecified atom stereocenters. The van der Waals surface area contributed by atoms with E-state index in [0.29, 0.717) is 11.3 Å². The number of hydrogen-bond donors (Lipinski definition) is 0. The fourth-order valence-corrected chi connectivity index (χ4v) is 1.53. The van der Waals surface area contributed by atoms with Crippen LogP contribution in [-0.4, -0.2) is 12.6 Å². The normalized spacial score (nSPS) is 11.3. The van der Waals surface area contributed by atoms with Gasteiger partial charge in [0.2, 0.25) is 0 Å². The average molecular weight is 290 g/mol. The summed E-state index contributed by atoms with van der Waals surface area (Å²) in [4.78, 5) is 4.12. The Morgan fingerprint density at radius 3 is 2.14 bits per heavy atom. The summed E-state index contributed by atoms with van der Waals surface area (Å²) in [6.45, 7) is 0. The highest BCUT2D eigenvalue weighted by molar-refractivity contribution is 5.82. The van der Waals surface area contributed by atoms with E-state index >= 15 is 0 Å². The molecule has 3 nitrogen and oxygen atoms in total. The molecule has 2 aromatic carbocycles. The first kappa shape index (κ1) is 14.6. The van der Waals surface area contributed by atoms with Crippen molar-refractivity contribution in [1.82, 2.24) is 0 Å². The molecular weight excluding hydrogens is 281 g/mol. The monoisotopic (exact) mass is 290 g/mol. The van der Waals surface area contributed by atoms with E-state index in [4.69, 9.17) is 5.26 Å². The number of benzene rings is 2. The van der Waals surface area contributed by atoms with Gasteiger partial charge in [0.05, 0.1) is 17.3 Å². The van der Waals surface area contributed by atoms with E-state index in [1.54, 1.807) is 30.5 Å². The van der Waals surface area contributed by atoms with Crippen LogP contribution in [0.25, 0.3) is 0 Å². The molecule has 0 saturated carbocycles. The number of aliphatic imine (C=N–C) groups is 1. The zero-order chi connectivity index (χ0) is 15.3. The predicted octanol–water partition coefficient (Wildman–Crippen LogP) is 4.21. The van der Waals surface area contributed by atoms with Crippen molar-refractivity contribution in [2.45, 2.75) is 6.36 Å². The zero-order valence-corrected chi connectivity index (χ0v) is 10.6. The van der Waals surface area contributed by atoms with E-state index in [2.05, 4.69) is 9.73 Å². The van der Waals surface area contributed by atoms with Gasteiger partial charge in [0.1, 0.15) is 5.75 Å². The lowest BCUT2D eigenvalue weighted by atomic mass is 10.2. The van der Waals surface area contributed by atoms with Crippen molar-refractivity contribution in [3.05, 3.63) is 59.7 Å². The molecule has 0 atom stereocenters. The number of ether oxygens (including phenoxy) is 1. The number of rotatable bonds is 3. The zero-order valence-electron chi connectivity index (χ0n) is 10.6. The lowest BCUT2D eigenvalue weighted by Gasteiger charge is -2.08. The van der Waals surface area contributed by atoms with Crippen molar-refractivity contribution in [3.8, 4) is 11.8 Å². The van der Waals surface area contributed by atoms with Crippen LogP contribution in [0.4, 0.5) is 18.9 Å². The Labute approximate surface area is 118 Å². The molecule has 0 aliphatic rings. The SMILES string of the molecule is N#Cc1ccc(C=Nc2ccc(OC(F)(F)F)cc2)cc1. The molecule has 0 aromatic heterocycles. The number of halogens is 3. The van der Waals surface area contributed by atoms with Gasteiger partial charge in [0.25, 0.3) is 0 Å². The molecule has 0 aliphatic carbocycles. The van der Waals surface area contributed by atoms with Gasteiger partial charge in [-0.2, -0.15) is 5.26 Å². The highest BCUT2D eigenvalue weighted by Gasteiger charge is 2.30. The quantitative estimate of drug-likeness (QED) is 0.795. The Balaban J connectivity index is 2.05. The molecule has 0 bridgehead atoms. The minimum absolute atomic E-state index is 0.292. The van der Waals surface area contributed by atoms with Crippen LogP contribution in [0, 0.1) is 11.3 Å². The number of nitrogens with zero attached hydrogens (tertiary/aromatic N) is 2. The van der Waals surface area contributed by atoms with Gasteiger partial charge in [-0.15, -0.1) is 13.2 Å². The second kappa shape index (κ2) is 6.09. The van der Waals surface area contributed by atoms with Crippen molar-refractivity contribution < 1.29 is 17.9 Å². The fourth-order valence-electron chi connectivity index (χ4n) is 1.53. The smallest absolute Gasteiger partial charge is 0.406 e. The van der Waals surface area contributed by atoms with Crippen molar-refractivity contribution in [3.63, 3.8) is 0 Å². The summed E-state index contributed by atoms with van der Waals surface area (Å²) in [7, 11) is 0. The minimum atomic E-state index is -4.70. The van der Waals surface area contributed by atoms with Gasteiger partial charge in [0.15, 0.2) is 0 Å². The average Bonchev–Trinajstić information content (AvgIpc) is 2.45. The summed E-state index contributed by atoms with van der Waals surface area (Å²) < 4.78 is 39.8. The third-order valence-electron chi connectivity index (χ3n) is 2.47. The van der Waals surface area contributed by atoms with Crippen LogP contribution in [0.3, 0.4) is 0 Å². The van der Waals surface area contributed by atoms with Crippen molar-refractivity contribution in [2.24, 2.45) is 4.99 Å². The summed E-state index contributed by atoms with van der Waals surface area (Å²) in [5, 5.41) is 8.67. The topological polar surface area (TPSA) is 45.4 Å². The van der Waals surface area contributed by atoms with Crippen molar-refractivity contribution in [2.75, 3.05) is 0 Å². The Morgan fingerprint density at radius 2 is 1.62 bits per heavy atom. The second-order valence-electron chi connectivity index (χ2n) is 4.03. The van der Waals surface area contributed by atoms with Gasteiger partial charge in [-0.3, -0.25) is 4.99 Å². The van der Waals surface area contributed by atoms with Crippen LogP contribution in [-0.2, 0) is 0 Å². The van der Waals surface area contributed by atoms with Crippen molar-refractivity contribution >= 4 is 11.9 Å². The Kier molecular flexibility index (Phi) is 4.24. The number of hydrogen-bond acceptors (Lipinski definition) is 3. The molecule has 0 N–H and O–H groups in total. The van der Waals surface area contributed by atoms with E-state index in [9.17, 15) is 13.2 Å². The predicted molar refractivity (Wildman–Crippen MR) is 71.5 cm³/mol. The van der Waals surface area contributed by atoms with E-state index in [1.165, 1.54) is 24.3 Å². The van der Waals surface area contributed by atoms with Gasteiger partial charge >= 0.3 is 6.36 Å². The van der Waals surface area contributed by atoms with Crippen LogP contribution < -0.4 is 4.74 Å². The molecule has 0 heterocycles. The lowest BCUT2D eigenvalue weighted by Crippen LogP contribution is -2.16. The molecule has 2 rings (SSSR count). The molecule has 0 radical (unpaired) electrons. The molecule has 0 spiro atoms. The molecule has 6 heteroatoms. The third kappa shape index (κ3) is 4.66. The molecule has 0 aliphatic heterocycles. The maximum atomic E-state index is 12.0. The first-order valence-corrected chi connectivity index (χ1v) is 5.86. The number of alkyl halides is 3. The summed E-state index contributed by atoms with van der Waals surface area (Å²) in [5.74, 6) is -0.292. The van der Waals surface area contributed by atoms with E-state index < -0.39 is 6.36 Å². The minimum Gasteiger partial charge on any atom is -0.406 e. The molecule has 2 aromatic rings. The van der Waals surface area contributed by atoms with Gasteiger partial charge in [0, 0.05) is 6.21 Å². The van der Waals surface area contributed by atoms with Crippen LogP contribution >= 0.6 is 0 Å². The Bertz CT molecular complexity index is 668. The molecule has 21 heavy (non-hydrogen) atoms. The maximum absolute atomic E-state index is 12.0. The standard InChI is InChI=1S/C15H9F3N2O/c16-15(17,18)21-14-7-5-13(6-8-14)20-10-12-3-1-11(9-19)2-4-12/h1-8,10H. The highest BCUT2D eigenvalue weighted by atomic mass is 19.4. The van der Waals surface area contributed by atoms with Gasteiger partial charge < -0.3 is 4.74 Å². The fraction of sp³-hybridized carbons (Fsp3) is 0.0667. The lowest BCUT2D eigenvalue weighted by molar-refractivity contribution is -0.274. The van der Waals surface area contributed by atoms with Crippen LogP contribution in [0.1, 0.15) is 11.1 Å². The van der Waals surface area contributed by atoms with Gasteiger partial charge in [-0.05, 0) is 42.0 Å². The summed E-state index contributed by atoms with van der Waals surface area (Å²) in [6, 6.07) is 14.0. The first-order chi connectivity index (χ1) is 9.96. The van der Waals surface area contributed by atoms with Crippen LogP contribution in [0.2, 0.25) is 0 Å². The first-order valence-electron chi connectivity index (χ1n) is 5.86. The summed E-state index contributed by atoms with van der Waals surface area (Å²) >= 11 is 0.